The summed E-state index contributed by atoms with van der Waals surface area (Å²) in [6, 6.07) is 3.27. The van der Waals surface area contributed by atoms with Gasteiger partial charge in [0.2, 0.25) is 0 Å². The molecule has 0 atom stereocenters. The van der Waals surface area contributed by atoms with E-state index in [1.165, 1.54) is 6.07 Å². The van der Waals surface area contributed by atoms with Gasteiger partial charge < -0.3 is 9.84 Å². The number of hydrogen-bond donors (Lipinski definition) is 1. The molecule has 7 heteroatoms. The molecule has 82 valence electrons. The predicted octanol–water partition coefficient (Wildman–Crippen LogP) is 0.959. The number of benzene rings is 1. The highest BCUT2D eigenvalue weighted by atomic mass is 16.6. The molecule has 0 radical (unpaired) electrons. The average molecular weight is 222 g/mol. The van der Waals surface area contributed by atoms with E-state index in [0.29, 0.717) is 0 Å². The molecule has 0 saturated carbocycles. The lowest BCUT2D eigenvalue weighted by molar-refractivity contribution is -0.385. The SMILES string of the molecule is COC(=O)c1cc(O)cc([N+](=O)[O-])c1C#N. The number of nitrogens with zero attached hydrogens (tertiary/aromatic N) is 2. The van der Waals surface area contributed by atoms with Crippen LogP contribution in [0.15, 0.2) is 12.1 Å². The molecule has 1 N–H and O–H groups in total. The van der Waals surface area contributed by atoms with Crippen molar-refractivity contribution >= 4 is 11.7 Å². The van der Waals surface area contributed by atoms with Crippen molar-refractivity contribution in [2.75, 3.05) is 7.11 Å². The zero-order valence-corrected chi connectivity index (χ0v) is 8.13. The molecule has 0 aromatic heterocycles. The Kier molecular flexibility index (Phi) is 3.06. The molecular formula is C9H6N2O5. The largest absolute Gasteiger partial charge is 0.508 e. The fourth-order valence-electron chi connectivity index (χ4n) is 1.14. The van der Waals surface area contributed by atoms with Gasteiger partial charge in [-0.1, -0.05) is 0 Å². The maximum Gasteiger partial charge on any atom is 0.339 e. The number of nitro groups is 1. The van der Waals surface area contributed by atoms with Crippen LogP contribution in [0.25, 0.3) is 0 Å². The molecule has 0 heterocycles. The summed E-state index contributed by atoms with van der Waals surface area (Å²) < 4.78 is 4.34. The van der Waals surface area contributed by atoms with Crippen LogP contribution in [0.2, 0.25) is 0 Å². The molecule has 0 aliphatic heterocycles. The van der Waals surface area contributed by atoms with Crippen LogP contribution in [0.4, 0.5) is 5.69 Å². The van der Waals surface area contributed by atoms with Crippen LogP contribution in [-0.4, -0.2) is 23.1 Å². The molecule has 0 bridgehead atoms. The van der Waals surface area contributed by atoms with Gasteiger partial charge >= 0.3 is 5.97 Å². The van der Waals surface area contributed by atoms with Crippen molar-refractivity contribution in [2.24, 2.45) is 0 Å². The quantitative estimate of drug-likeness (QED) is 0.452. The Morgan fingerprint density at radius 3 is 2.69 bits per heavy atom. The molecule has 7 nitrogen and oxygen atoms in total. The maximum atomic E-state index is 11.2. The lowest BCUT2D eigenvalue weighted by Crippen LogP contribution is -2.06. The number of rotatable bonds is 2. The summed E-state index contributed by atoms with van der Waals surface area (Å²) >= 11 is 0. The van der Waals surface area contributed by atoms with Crippen molar-refractivity contribution in [1.82, 2.24) is 0 Å². The Labute approximate surface area is 89.6 Å². The van der Waals surface area contributed by atoms with Gasteiger partial charge in [0.05, 0.1) is 23.7 Å². The first-order valence-corrected chi connectivity index (χ1v) is 4.01. The van der Waals surface area contributed by atoms with Crippen LogP contribution in [0.1, 0.15) is 15.9 Å². The zero-order valence-electron chi connectivity index (χ0n) is 8.13. The van der Waals surface area contributed by atoms with Gasteiger partial charge in [-0.3, -0.25) is 10.1 Å². The van der Waals surface area contributed by atoms with E-state index in [1.807, 2.05) is 0 Å². The minimum absolute atomic E-state index is 0.336. The summed E-state index contributed by atoms with van der Waals surface area (Å²) in [7, 11) is 1.07. The molecule has 0 aliphatic rings. The van der Waals surface area contributed by atoms with E-state index in [9.17, 15) is 20.0 Å². The van der Waals surface area contributed by atoms with E-state index < -0.39 is 27.9 Å². The van der Waals surface area contributed by atoms with Gasteiger partial charge in [0.15, 0.2) is 0 Å². The third kappa shape index (κ3) is 1.90. The normalized spacial score (nSPS) is 9.25. The highest BCUT2D eigenvalue weighted by Gasteiger charge is 2.23. The first kappa shape index (κ1) is 11.5. The third-order valence-electron chi connectivity index (χ3n) is 1.82. The van der Waals surface area contributed by atoms with E-state index in [4.69, 9.17) is 5.26 Å². The number of ether oxygens (including phenoxy) is 1. The smallest absolute Gasteiger partial charge is 0.339 e. The number of hydrogen-bond acceptors (Lipinski definition) is 6. The summed E-state index contributed by atoms with van der Waals surface area (Å²) in [4.78, 5) is 20.9. The average Bonchev–Trinajstić information content (AvgIpc) is 2.26. The number of phenols is 1. The van der Waals surface area contributed by atoms with Gasteiger partial charge in [-0.2, -0.15) is 5.26 Å². The van der Waals surface area contributed by atoms with Gasteiger partial charge in [-0.15, -0.1) is 0 Å². The molecule has 1 aromatic carbocycles. The van der Waals surface area contributed by atoms with Crippen LogP contribution in [-0.2, 0) is 4.74 Å². The second kappa shape index (κ2) is 4.27. The standard InChI is InChI=1S/C9H6N2O5/c1-16-9(13)6-2-5(12)3-8(11(14)15)7(6)4-10/h2-3,12H,1H3. The van der Waals surface area contributed by atoms with Crippen LogP contribution in [0, 0.1) is 21.4 Å². The van der Waals surface area contributed by atoms with Crippen LogP contribution in [0.3, 0.4) is 0 Å². The van der Waals surface area contributed by atoms with E-state index in [2.05, 4.69) is 4.74 Å². The summed E-state index contributed by atoms with van der Waals surface area (Å²) in [5.41, 5.74) is -1.41. The predicted molar refractivity (Wildman–Crippen MR) is 50.8 cm³/mol. The molecule has 1 aromatic rings. The van der Waals surface area contributed by atoms with E-state index in [-0.39, 0.29) is 5.56 Å². The molecule has 0 amide bonds. The number of methoxy groups -OCH3 is 1. The monoisotopic (exact) mass is 222 g/mol. The topological polar surface area (TPSA) is 113 Å². The van der Waals surface area contributed by atoms with Gasteiger partial charge in [-0.25, -0.2) is 4.79 Å². The fraction of sp³-hybridized carbons (Fsp3) is 0.111. The lowest BCUT2D eigenvalue weighted by Gasteiger charge is -2.03. The molecular weight excluding hydrogens is 216 g/mol. The number of carbonyl (C=O) groups is 1. The minimum atomic E-state index is -0.921. The van der Waals surface area contributed by atoms with Crippen molar-refractivity contribution in [1.29, 1.82) is 5.26 Å². The van der Waals surface area contributed by atoms with Crippen LogP contribution >= 0.6 is 0 Å². The molecule has 0 saturated heterocycles. The number of phenolic OH excluding ortho intramolecular Hbond substituents is 1. The fourth-order valence-corrected chi connectivity index (χ4v) is 1.14. The molecule has 0 fully saturated rings. The van der Waals surface area contributed by atoms with Gasteiger partial charge in [0.25, 0.3) is 5.69 Å². The van der Waals surface area contributed by atoms with E-state index in [1.54, 1.807) is 0 Å². The number of esters is 1. The Balaban J connectivity index is 3.56. The van der Waals surface area contributed by atoms with Crippen molar-refractivity contribution < 1.29 is 19.6 Å². The molecule has 1 rings (SSSR count). The van der Waals surface area contributed by atoms with E-state index >= 15 is 0 Å². The Hall–Kier alpha value is -2.62. The third-order valence-corrected chi connectivity index (χ3v) is 1.82. The first-order chi connectivity index (χ1) is 7.51. The Morgan fingerprint density at radius 1 is 1.62 bits per heavy atom. The molecule has 0 aliphatic carbocycles. The number of aromatic hydroxyl groups is 1. The highest BCUT2D eigenvalue weighted by molar-refractivity contribution is 5.94. The van der Waals surface area contributed by atoms with Crippen molar-refractivity contribution in [2.45, 2.75) is 0 Å². The Bertz CT molecular complexity index is 503. The molecule has 0 spiro atoms. The van der Waals surface area contributed by atoms with Crippen molar-refractivity contribution in [3.05, 3.63) is 33.4 Å². The van der Waals surface area contributed by atoms with Crippen LogP contribution < -0.4 is 0 Å². The number of nitro benzene ring substituents is 1. The van der Waals surface area contributed by atoms with E-state index in [0.717, 1.165) is 19.2 Å². The summed E-state index contributed by atoms with van der Waals surface area (Å²) in [5, 5.41) is 28.5. The zero-order chi connectivity index (χ0) is 12.3. The number of carbonyl (C=O) groups excluding carboxylic acids is 1. The van der Waals surface area contributed by atoms with Crippen molar-refractivity contribution in [3.8, 4) is 11.8 Å². The summed E-state index contributed by atoms with van der Waals surface area (Å²) in [6.45, 7) is 0. The summed E-state index contributed by atoms with van der Waals surface area (Å²) in [5.74, 6) is -1.40. The van der Waals surface area contributed by atoms with Gasteiger partial charge in [0.1, 0.15) is 17.4 Å². The van der Waals surface area contributed by atoms with Gasteiger partial charge in [0, 0.05) is 0 Å². The second-order valence-electron chi connectivity index (χ2n) is 2.75. The first-order valence-electron chi connectivity index (χ1n) is 4.01. The molecule has 16 heavy (non-hydrogen) atoms. The lowest BCUT2D eigenvalue weighted by atomic mass is 10.1. The summed E-state index contributed by atoms with van der Waals surface area (Å²) in [6.07, 6.45) is 0. The number of nitriles is 1. The highest BCUT2D eigenvalue weighted by Crippen LogP contribution is 2.27. The second-order valence-corrected chi connectivity index (χ2v) is 2.75. The van der Waals surface area contributed by atoms with Gasteiger partial charge in [-0.05, 0) is 6.07 Å². The van der Waals surface area contributed by atoms with Crippen LogP contribution in [0.5, 0.6) is 5.75 Å². The van der Waals surface area contributed by atoms with Crippen molar-refractivity contribution in [3.63, 3.8) is 0 Å². The minimum Gasteiger partial charge on any atom is -0.508 e. The Morgan fingerprint density at radius 2 is 2.25 bits per heavy atom. The maximum absolute atomic E-state index is 11.2. The molecule has 0 unspecified atom stereocenters.